The van der Waals surface area contributed by atoms with Gasteiger partial charge in [-0.05, 0) is 121 Å². The first-order valence-corrected chi connectivity index (χ1v) is 25.2. The molecule has 0 radical (unpaired) electrons. The molecule has 1 aliphatic heterocycles. The number of carbonyl (C=O) groups excluding carboxylic acids is 3. The number of nitrogens with one attached hydrogen (secondary N) is 1. The minimum atomic E-state index is -3.04. The third kappa shape index (κ3) is 6.72. The molecule has 62 heavy (non-hydrogen) atoms. The second-order valence-electron chi connectivity index (χ2n) is 22.9. The number of aliphatic hydroxyl groups is 1. The standard InChI is InChI=1S/C49H71N3O9S/c1-28(2)39-33(53)25-49(36(54)27-51-41(55)29-10-13-38(50-26-29)52-20-22-62(59,60)23-21-52)19-18-47(8)30(40(39)49)11-12-35-46(7)16-15-37(45(5,6)34(46)14-17-48(35,47)9)61-43(58)32-24-31(42(56)57)44(32,3)4/h10,13,26,28,30-32,34-37,54H,11-12,14-25,27H2,1-9H3,(H,51,55)(H,56,57)/t30-,31+,32-,34+,35-,36+,37+,46+,47-,48-,49+/m1/s1. The van der Waals surface area contributed by atoms with Gasteiger partial charge in [0.1, 0.15) is 11.9 Å². The fraction of sp³-hybridized carbons (Fsp3) is 0.776. The van der Waals surface area contributed by atoms with Crippen LogP contribution >= 0.6 is 0 Å². The number of sulfone groups is 1. The molecular weight excluding hydrogens is 807 g/mol. The number of aliphatic hydroxyl groups excluding tert-OH is 1. The van der Waals surface area contributed by atoms with Gasteiger partial charge in [0, 0.05) is 43.1 Å². The Morgan fingerprint density at radius 2 is 1.58 bits per heavy atom. The molecule has 13 heteroatoms. The number of carbonyl (C=O) groups is 4. The van der Waals surface area contributed by atoms with Crippen molar-refractivity contribution in [2.75, 3.05) is 36.0 Å². The number of esters is 1. The SMILES string of the molecule is CC(C)C1=C2[C@H]3CC[C@@H]4[C@@]5(C)CC[C@H](OC(=O)[C@H]6C[C@@H](C(=O)O)C6(C)C)C(C)(C)[C@@H]5CC[C@@]4(C)[C@]3(C)CC[C@@]2([C@@H](O)CNC(=O)c2ccc(N3CCS(=O)(=O)CC3)nc2)CC1=O. The van der Waals surface area contributed by atoms with Gasteiger partial charge in [-0.3, -0.25) is 19.2 Å². The van der Waals surface area contributed by atoms with Gasteiger partial charge in [-0.2, -0.15) is 0 Å². The third-order valence-corrected chi connectivity index (χ3v) is 20.9. The predicted molar refractivity (Wildman–Crippen MR) is 236 cm³/mol. The Balaban J connectivity index is 0.992. The predicted octanol–water partition coefficient (Wildman–Crippen LogP) is 7.05. The number of carboxylic acids is 1. The van der Waals surface area contributed by atoms with E-state index in [1.807, 2.05) is 18.7 Å². The zero-order valence-corrected chi connectivity index (χ0v) is 39.3. The van der Waals surface area contributed by atoms with E-state index < -0.39 is 44.6 Å². The van der Waals surface area contributed by atoms with E-state index in [1.165, 1.54) is 6.20 Å². The van der Waals surface area contributed by atoms with Crippen molar-refractivity contribution in [3.05, 3.63) is 35.0 Å². The number of hydrogen-bond acceptors (Lipinski definition) is 10. The van der Waals surface area contributed by atoms with Crippen molar-refractivity contribution in [2.24, 2.45) is 68.0 Å². The summed E-state index contributed by atoms with van der Waals surface area (Å²) in [5.74, 6) is -0.625. The molecule has 0 bridgehead atoms. The zero-order chi connectivity index (χ0) is 45.2. The molecule has 1 amide bonds. The van der Waals surface area contributed by atoms with E-state index in [9.17, 15) is 37.8 Å². The number of aromatic nitrogens is 1. The lowest BCUT2D eigenvalue weighted by atomic mass is 9.33. The number of nitrogens with zero attached hydrogens (tertiary/aromatic N) is 2. The number of allylic oxidation sites excluding steroid dienone is 1. The third-order valence-electron chi connectivity index (χ3n) is 19.3. The zero-order valence-electron chi connectivity index (χ0n) is 38.5. The molecule has 6 fully saturated rings. The molecule has 6 aliphatic carbocycles. The van der Waals surface area contributed by atoms with Gasteiger partial charge >= 0.3 is 11.9 Å². The second-order valence-corrected chi connectivity index (χ2v) is 25.2. The minimum absolute atomic E-state index is 0.00575. The molecule has 0 unspecified atom stereocenters. The van der Waals surface area contributed by atoms with Crippen LogP contribution in [0.5, 0.6) is 0 Å². The lowest BCUT2D eigenvalue weighted by molar-refractivity contribution is -0.238. The number of ketones is 1. The van der Waals surface area contributed by atoms with Crippen LogP contribution in [0.15, 0.2) is 29.5 Å². The number of Topliss-reactive ketones (excluding diaryl/α,β-unsaturated/α-hetero) is 1. The molecule has 1 aromatic heterocycles. The van der Waals surface area contributed by atoms with Crippen molar-refractivity contribution >= 4 is 39.3 Å². The Morgan fingerprint density at radius 1 is 0.887 bits per heavy atom. The van der Waals surface area contributed by atoms with Crippen molar-refractivity contribution in [3.63, 3.8) is 0 Å². The van der Waals surface area contributed by atoms with Gasteiger partial charge in [-0.25, -0.2) is 13.4 Å². The maximum Gasteiger partial charge on any atom is 0.309 e. The average molecular weight is 878 g/mol. The Kier molecular flexibility index (Phi) is 11.0. The molecule has 8 rings (SSSR count). The van der Waals surface area contributed by atoms with Crippen molar-refractivity contribution < 1.29 is 42.5 Å². The summed E-state index contributed by atoms with van der Waals surface area (Å²) < 4.78 is 30.2. The molecule has 1 aromatic rings. The van der Waals surface area contributed by atoms with Crippen LogP contribution in [0.4, 0.5) is 5.82 Å². The lowest BCUT2D eigenvalue weighted by Crippen LogP contribution is -2.66. The van der Waals surface area contributed by atoms with E-state index in [1.54, 1.807) is 12.1 Å². The Hall–Kier alpha value is -3.32. The fourth-order valence-corrected chi connectivity index (χ4v) is 16.6. The van der Waals surface area contributed by atoms with Crippen LogP contribution in [0.1, 0.15) is 137 Å². The summed E-state index contributed by atoms with van der Waals surface area (Å²) in [6.07, 6.45) is 8.14. The first-order valence-electron chi connectivity index (χ1n) is 23.4. The van der Waals surface area contributed by atoms with Crippen LogP contribution in [0.2, 0.25) is 0 Å². The molecule has 7 aliphatic rings. The van der Waals surface area contributed by atoms with E-state index in [2.05, 4.69) is 58.8 Å². The summed E-state index contributed by atoms with van der Waals surface area (Å²) >= 11 is 0. The van der Waals surface area contributed by atoms with Crippen LogP contribution in [0.25, 0.3) is 0 Å². The monoisotopic (exact) mass is 877 g/mol. The lowest BCUT2D eigenvalue weighted by Gasteiger charge is -2.72. The van der Waals surface area contributed by atoms with Gasteiger partial charge in [0.2, 0.25) is 0 Å². The van der Waals surface area contributed by atoms with Crippen LogP contribution < -0.4 is 10.2 Å². The van der Waals surface area contributed by atoms with E-state index in [0.717, 1.165) is 56.1 Å². The van der Waals surface area contributed by atoms with Crippen molar-refractivity contribution in [1.82, 2.24) is 10.3 Å². The maximum atomic E-state index is 14.2. The molecule has 3 N–H and O–H groups in total. The van der Waals surface area contributed by atoms with Gasteiger partial charge in [0.15, 0.2) is 15.6 Å². The summed E-state index contributed by atoms with van der Waals surface area (Å²) in [4.78, 5) is 59.5. The van der Waals surface area contributed by atoms with E-state index in [4.69, 9.17) is 4.74 Å². The summed E-state index contributed by atoms with van der Waals surface area (Å²) in [6.45, 7) is 20.7. The van der Waals surface area contributed by atoms with Gasteiger partial charge in [-0.15, -0.1) is 0 Å². The van der Waals surface area contributed by atoms with Crippen LogP contribution in [-0.2, 0) is 29.0 Å². The number of anilines is 1. The molecule has 0 aromatic carbocycles. The molecular formula is C49H71N3O9S. The Bertz CT molecular complexity index is 2150. The first kappa shape index (κ1) is 45.3. The van der Waals surface area contributed by atoms with Gasteiger partial charge in [0.25, 0.3) is 5.91 Å². The summed E-state index contributed by atoms with van der Waals surface area (Å²) in [5, 5.41) is 25.0. The average Bonchev–Trinajstić information content (AvgIpc) is 3.51. The Morgan fingerprint density at radius 3 is 2.19 bits per heavy atom. The van der Waals surface area contributed by atoms with Crippen LogP contribution in [-0.4, -0.2) is 90.6 Å². The summed E-state index contributed by atoms with van der Waals surface area (Å²) in [7, 11) is -3.04. The smallest absolute Gasteiger partial charge is 0.309 e. The number of ether oxygens (including phenoxy) is 1. The fourth-order valence-electron chi connectivity index (χ4n) is 15.4. The first-order chi connectivity index (χ1) is 28.8. The number of hydrogen-bond donors (Lipinski definition) is 3. The summed E-state index contributed by atoms with van der Waals surface area (Å²) in [6, 6.07) is 3.42. The number of fused-ring (bicyclic) bond motifs is 7. The van der Waals surface area contributed by atoms with Crippen LogP contribution in [0, 0.1) is 68.0 Å². The van der Waals surface area contributed by atoms with E-state index in [0.29, 0.717) is 49.1 Å². The Labute approximate surface area is 368 Å². The van der Waals surface area contributed by atoms with E-state index in [-0.39, 0.29) is 81.7 Å². The highest BCUT2D eigenvalue weighted by atomic mass is 32.2. The summed E-state index contributed by atoms with van der Waals surface area (Å²) in [5.41, 5.74) is 0.589. The quantitative estimate of drug-likeness (QED) is 0.217. The van der Waals surface area contributed by atoms with Gasteiger partial charge in [0.05, 0.1) is 35.0 Å². The number of carboxylic acid groups (broad SMARTS) is 1. The van der Waals surface area contributed by atoms with Crippen molar-refractivity contribution in [1.29, 1.82) is 0 Å². The highest BCUT2D eigenvalue weighted by molar-refractivity contribution is 7.91. The van der Waals surface area contributed by atoms with Gasteiger partial charge in [-0.1, -0.05) is 67.9 Å². The normalized spacial score (nSPS) is 39.7. The number of aliphatic carboxylic acids is 1. The largest absolute Gasteiger partial charge is 0.481 e. The molecule has 12 nitrogen and oxygen atoms in total. The number of rotatable bonds is 9. The molecule has 11 atom stereocenters. The minimum Gasteiger partial charge on any atom is -0.481 e. The molecule has 1 saturated heterocycles. The maximum absolute atomic E-state index is 14.2. The molecule has 2 heterocycles. The molecule has 5 saturated carbocycles. The van der Waals surface area contributed by atoms with Gasteiger partial charge < -0.3 is 25.2 Å². The topological polar surface area (TPSA) is 180 Å². The number of amides is 1. The van der Waals surface area contributed by atoms with Crippen molar-refractivity contribution in [3.8, 4) is 0 Å². The second kappa shape index (κ2) is 15.1. The van der Waals surface area contributed by atoms with E-state index >= 15 is 0 Å². The molecule has 342 valence electrons. The van der Waals surface area contributed by atoms with Crippen LogP contribution in [0.3, 0.4) is 0 Å². The molecule has 0 spiro atoms. The van der Waals surface area contributed by atoms with Crippen molar-refractivity contribution in [2.45, 2.75) is 139 Å². The number of pyridine rings is 1. The highest BCUT2D eigenvalue weighted by Crippen LogP contribution is 2.77. The highest BCUT2D eigenvalue weighted by Gasteiger charge is 2.71.